The Balaban J connectivity index is 1.59. The number of amides is 2. The number of sulfonamides is 1. The molecule has 0 aliphatic carbocycles. The number of nitrogens with one attached hydrogen (secondary N) is 2. The molecule has 0 spiro atoms. The summed E-state index contributed by atoms with van der Waals surface area (Å²) >= 11 is 0. The number of carbonyl (C=O) groups excluding carboxylic acids is 2. The molecule has 7 nitrogen and oxygen atoms in total. The van der Waals surface area contributed by atoms with Gasteiger partial charge in [-0.15, -0.1) is 0 Å². The lowest BCUT2D eigenvalue weighted by Gasteiger charge is -2.20. The average Bonchev–Trinajstić information content (AvgIpc) is 3.28. The van der Waals surface area contributed by atoms with Crippen LogP contribution in [0.1, 0.15) is 30.5 Å². The van der Waals surface area contributed by atoms with Gasteiger partial charge in [-0.05, 0) is 66.3 Å². The second-order valence-corrected chi connectivity index (χ2v) is 10.3. The zero-order valence-electron chi connectivity index (χ0n) is 19.8. The summed E-state index contributed by atoms with van der Waals surface area (Å²) in [6.45, 7) is 4.04. The first-order valence-electron chi connectivity index (χ1n) is 11.6. The molecule has 1 aliphatic rings. The number of rotatable bonds is 8. The maximum Gasteiger partial charge on any atom is 0.242 e. The van der Waals surface area contributed by atoms with Gasteiger partial charge in [-0.25, -0.2) is 8.42 Å². The summed E-state index contributed by atoms with van der Waals surface area (Å²) in [7, 11) is -4.00. The molecule has 2 amide bonds. The first kappa shape index (κ1) is 24.6. The first-order valence-corrected chi connectivity index (χ1v) is 13.1. The van der Waals surface area contributed by atoms with Gasteiger partial charge in [0.05, 0.1) is 4.90 Å². The predicted octanol–water partition coefficient (Wildman–Crippen LogP) is 3.69. The lowest BCUT2D eigenvalue weighted by atomic mass is 10.1. The third-order valence-corrected chi connectivity index (χ3v) is 7.61. The van der Waals surface area contributed by atoms with Crippen molar-refractivity contribution in [1.82, 2.24) is 4.72 Å². The lowest BCUT2D eigenvalue weighted by Crippen LogP contribution is -2.45. The quantitative estimate of drug-likeness (QED) is 0.502. The molecule has 1 heterocycles. The molecule has 0 saturated carbocycles. The van der Waals surface area contributed by atoms with Crippen molar-refractivity contribution >= 4 is 33.2 Å². The minimum Gasteiger partial charge on any atom is -0.325 e. The van der Waals surface area contributed by atoms with E-state index in [1.165, 1.54) is 13.0 Å². The Bertz CT molecular complexity index is 1340. The Morgan fingerprint density at radius 1 is 0.971 bits per heavy atom. The van der Waals surface area contributed by atoms with Crippen molar-refractivity contribution < 1.29 is 18.0 Å². The van der Waals surface area contributed by atoms with E-state index in [9.17, 15) is 18.0 Å². The molecule has 0 radical (unpaired) electrons. The molecule has 0 aromatic heterocycles. The number of carbonyl (C=O) groups is 2. The fourth-order valence-corrected chi connectivity index (χ4v) is 5.51. The second-order valence-electron chi connectivity index (χ2n) is 8.62. The molecule has 0 unspecified atom stereocenters. The zero-order valence-corrected chi connectivity index (χ0v) is 20.6. The van der Waals surface area contributed by atoms with Gasteiger partial charge in [-0.1, -0.05) is 49.4 Å². The van der Waals surface area contributed by atoms with E-state index in [2.05, 4.69) is 10.0 Å². The molecule has 182 valence electrons. The first-order chi connectivity index (χ1) is 16.8. The summed E-state index contributed by atoms with van der Waals surface area (Å²) in [6, 6.07) is 20.5. The molecule has 1 aliphatic heterocycles. The highest BCUT2D eigenvalue weighted by atomic mass is 32.2. The van der Waals surface area contributed by atoms with Crippen molar-refractivity contribution in [2.75, 3.05) is 16.8 Å². The minimum atomic E-state index is -4.00. The number of aryl methyl sites for hydroxylation is 1. The van der Waals surface area contributed by atoms with Gasteiger partial charge in [-0.2, -0.15) is 4.72 Å². The van der Waals surface area contributed by atoms with Crippen LogP contribution in [0.4, 0.5) is 11.4 Å². The van der Waals surface area contributed by atoms with E-state index in [1.54, 1.807) is 23.1 Å². The monoisotopic (exact) mass is 491 g/mol. The van der Waals surface area contributed by atoms with E-state index < -0.39 is 22.0 Å². The van der Waals surface area contributed by atoms with E-state index >= 15 is 0 Å². The standard InChI is InChI=1S/C27H29N3O4S/c1-3-20-10-7-11-23(16-20)28-27(32)25(17-21-8-5-4-6-9-21)29-35(33,34)24-12-13-26-22(18-24)14-15-30(26)19(2)31/h4-13,16,18,25,29H,3,14-15,17H2,1-2H3,(H,28,32)/t25-/m1/s1. The van der Waals surface area contributed by atoms with Gasteiger partial charge >= 0.3 is 0 Å². The lowest BCUT2D eigenvalue weighted by molar-refractivity contribution is -0.118. The molecule has 35 heavy (non-hydrogen) atoms. The molecule has 3 aromatic carbocycles. The van der Waals surface area contributed by atoms with Gasteiger partial charge in [0.1, 0.15) is 6.04 Å². The Morgan fingerprint density at radius 2 is 1.71 bits per heavy atom. The summed E-state index contributed by atoms with van der Waals surface area (Å²) in [6.07, 6.45) is 1.60. The van der Waals surface area contributed by atoms with Gasteiger partial charge in [0.25, 0.3) is 0 Å². The fourth-order valence-electron chi connectivity index (χ4n) is 4.26. The summed E-state index contributed by atoms with van der Waals surface area (Å²) in [5.74, 6) is -0.515. The SMILES string of the molecule is CCc1cccc(NC(=O)[C@@H](Cc2ccccc2)NS(=O)(=O)c2ccc3c(c2)CCN3C(C)=O)c1. The van der Waals surface area contributed by atoms with Crippen molar-refractivity contribution in [1.29, 1.82) is 0 Å². The van der Waals surface area contributed by atoms with Crippen LogP contribution >= 0.6 is 0 Å². The Hall–Kier alpha value is -3.49. The molecule has 0 fully saturated rings. The number of anilines is 2. The van der Waals surface area contributed by atoms with E-state index in [4.69, 9.17) is 0 Å². The van der Waals surface area contributed by atoms with Crippen LogP contribution in [0.5, 0.6) is 0 Å². The van der Waals surface area contributed by atoms with E-state index in [1.807, 2.05) is 55.5 Å². The highest BCUT2D eigenvalue weighted by Crippen LogP contribution is 2.30. The maximum atomic E-state index is 13.3. The molecule has 3 aromatic rings. The summed E-state index contributed by atoms with van der Waals surface area (Å²) < 4.78 is 29.3. The minimum absolute atomic E-state index is 0.0699. The number of benzene rings is 3. The van der Waals surface area contributed by atoms with Crippen LogP contribution in [-0.4, -0.2) is 32.8 Å². The van der Waals surface area contributed by atoms with Gasteiger partial charge in [-0.3, -0.25) is 9.59 Å². The Labute approximate surface area is 206 Å². The maximum absolute atomic E-state index is 13.3. The van der Waals surface area contributed by atoms with Crippen LogP contribution in [0.3, 0.4) is 0 Å². The molecular weight excluding hydrogens is 462 g/mol. The smallest absolute Gasteiger partial charge is 0.242 e. The third kappa shape index (κ3) is 5.78. The van der Waals surface area contributed by atoms with E-state index in [0.717, 1.165) is 28.8 Å². The van der Waals surface area contributed by atoms with Gasteiger partial charge in [0.15, 0.2) is 0 Å². The molecule has 4 rings (SSSR count). The number of hydrogen-bond acceptors (Lipinski definition) is 4. The molecule has 2 N–H and O–H groups in total. The normalized spacial score (nSPS) is 13.8. The van der Waals surface area contributed by atoms with Crippen LogP contribution in [-0.2, 0) is 38.9 Å². The highest BCUT2D eigenvalue weighted by Gasteiger charge is 2.29. The summed E-state index contributed by atoms with van der Waals surface area (Å²) in [5.41, 5.74) is 4.05. The van der Waals surface area contributed by atoms with E-state index in [0.29, 0.717) is 18.7 Å². The topological polar surface area (TPSA) is 95.6 Å². The fraction of sp³-hybridized carbons (Fsp3) is 0.259. The van der Waals surface area contributed by atoms with Crippen molar-refractivity contribution in [2.24, 2.45) is 0 Å². The van der Waals surface area contributed by atoms with Crippen LogP contribution in [0, 0.1) is 0 Å². The average molecular weight is 492 g/mol. The second kappa shape index (κ2) is 10.4. The predicted molar refractivity (Wildman–Crippen MR) is 137 cm³/mol. The largest absolute Gasteiger partial charge is 0.325 e. The number of hydrogen-bond donors (Lipinski definition) is 2. The summed E-state index contributed by atoms with van der Waals surface area (Å²) in [4.78, 5) is 26.8. The number of nitrogens with zero attached hydrogens (tertiary/aromatic N) is 1. The van der Waals surface area contributed by atoms with E-state index in [-0.39, 0.29) is 17.2 Å². The van der Waals surface area contributed by atoms with Crippen LogP contribution in [0.15, 0.2) is 77.7 Å². The molecule has 0 bridgehead atoms. The van der Waals surface area contributed by atoms with Crippen molar-refractivity contribution in [3.63, 3.8) is 0 Å². The molecule has 0 saturated heterocycles. The Morgan fingerprint density at radius 3 is 2.43 bits per heavy atom. The van der Waals surface area contributed by atoms with Gasteiger partial charge < -0.3 is 10.2 Å². The highest BCUT2D eigenvalue weighted by molar-refractivity contribution is 7.89. The van der Waals surface area contributed by atoms with Crippen LogP contribution < -0.4 is 14.9 Å². The van der Waals surface area contributed by atoms with Crippen LogP contribution in [0.2, 0.25) is 0 Å². The molecular formula is C27H29N3O4S. The van der Waals surface area contributed by atoms with Crippen LogP contribution in [0.25, 0.3) is 0 Å². The van der Waals surface area contributed by atoms with Gasteiger partial charge in [0, 0.05) is 24.8 Å². The molecule has 1 atom stereocenters. The van der Waals surface area contributed by atoms with Crippen molar-refractivity contribution in [3.05, 3.63) is 89.5 Å². The zero-order chi connectivity index (χ0) is 25.0. The molecule has 8 heteroatoms. The Kier molecular flexibility index (Phi) is 7.33. The number of fused-ring (bicyclic) bond motifs is 1. The van der Waals surface area contributed by atoms with Crippen molar-refractivity contribution in [2.45, 2.75) is 44.0 Å². The summed E-state index contributed by atoms with van der Waals surface area (Å²) in [5, 5.41) is 2.86. The van der Waals surface area contributed by atoms with Gasteiger partial charge in [0.2, 0.25) is 21.8 Å². The van der Waals surface area contributed by atoms with Crippen molar-refractivity contribution in [3.8, 4) is 0 Å². The third-order valence-electron chi connectivity index (χ3n) is 6.14.